The van der Waals surface area contributed by atoms with E-state index in [2.05, 4.69) is 5.32 Å². The SMILES string of the molecule is COCCN(C(=O)Nc1ccccc1C(=O)O)C1CC1. The number of rotatable bonds is 6. The van der Waals surface area contributed by atoms with Crippen molar-refractivity contribution in [1.29, 1.82) is 0 Å². The molecule has 0 atom stereocenters. The summed E-state index contributed by atoms with van der Waals surface area (Å²) >= 11 is 0. The van der Waals surface area contributed by atoms with Crippen LogP contribution in [0.4, 0.5) is 10.5 Å². The Labute approximate surface area is 117 Å². The molecule has 6 heteroatoms. The highest BCUT2D eigenvalue weighted by Crippen LogP contribution is 2.27. The number of hydrogen-bond acceptors (Lipinski definition) is 3. The molecule has 0 aromatic heterocycles. The first-order valence-electron chi connectivity index (χ1n) is 6.52. The van der Waals surface area contributed by atoms with E-state index in [9.17, 15) is 9.59 Å². The van der Waals surface area contributed by atoms with E-state index in [1.54, 1.807) is 30.2 Å². The third kappa shape index (κ3) is 3.48. The summed E-state index contributed by atoms with van der Waals surface area (Å²) in [6.45, 7) is 0.965. The molecule has 2 amide bonds. The van der Waals surface area contributed by atoms with E-state index in [1.807, 2.05) is 0 Å². The van der Waals surface area contributed by atoms with Gasteiger partial charge in [-0.15, -0.1) is 0 Å². The number of carboxylic acid groups (broad SMARTS) is 1. The minimum absolute atomic E-state index is 0.0864. The number of para-hydroxylation sites is 1. The molecule has 0 saturated heterocycles. The van der Waals surface area contributed by atoms with E-state index < -0.39 is 5.97 Å². The average Bonchev–Trinajstić information content (AvgIpc) is 3.24. The Kier molecular flexibility index (Phi) is 4.57. The predicted molar refractivity (Wildman–Crippen MR) is 74.0 cm³/mol. The van der Waals surface area contributed by atoms with Crippen molar-refractivity contribution < 1.29 is 19.4 Å². The maximum atomic E-state index is 12.2. The van der Waals surface area contributed by atoms with E-state index in [-0.39, 0.29) is 17.6 Å². The lowest BCUT2D eigenvalue weighted by molar-refractivity contribution is 0.0698. The van der Waals surface area contributed by atoms with Gasteiger partial charge in [0.05, 0.1) is 17.9 Å². The number of benzene rings is 1. The van der Waals surface area contributed by atoms with Crippen molar-refractivity contribution in [3.63, 3.8) is 0 Å². The molecule has 0 spiro atoms. The molecular weight excluding hydrogens is 260 g/mol. The van der Waals surface area contributed by atoms with Crippen LogP contribution in [0.15, 0.2) is 24.3 Å². The number of amides is 2. The molecule has 108 valence electrons. The van der Waals surface area contributed by atoms with Gasteiger partial charge in [0.15, 0.2) is 0 Å². The average molecular weight is 278 g/mol. The number of nitrogens with zero attached hydrogens (tertiary/aromatic N) is 1. The summed E-state index contributed by atoms with van der Waals surface area (Å²) < 4.78 is 5.00. The molecule has 1 saturated carbocycles. The number of urea groups is 1. The zero-order valence-corrected chi connectivity index (χ0v) is 11.3. The van der Waals surface area contributed by atoms with Crippen LogP contribution < -0.4 is 5.32 Å². The normalized spacial score (nSPS) is 13.8. The molecule has 0 radical (unpaired) electrons. The van der Waals surface area contributed by atoms with Crippen LogP contribution in [0.1, 0.15) is 23.2 Å². The zero-order valence-electron chi connectivity index (χ0n) is 11.3. The number of methoxy groups -OCH3 is 1. The van der Waals surface area contributed by atoms with Gasteiger partial charge in [-0.1, -0.05) is 12.1 Å². The zero-order chi connectivity index (χ0) is 14.5. The molecule has 0 unspecified atom stereocenters. The molecule has 2 N–H and O–H groups in total. The van der Waals surface area contributed by atoms with Crippen LogP contribution in [-0.2, 0) is 4.74 Å². The first-order valence-corrected chi connectivity index (χ1v) is 6.52. The van der Waals surface area contributed by atoms with Crippen LogP contribution in [0, 0.1) is 0 Å². The van der Waals surface area contributed by atoms with E-state index in [0.717, 1.165) is 12.8 Å². The van der Waals surface area contributed by atoms with Gasteiger partial charge in [0.25, 0.3) is 0 Å². The molecule has 1 fully saturated rings. The second-order valence-electron chi connectivity index (χ2n) is 4.70. The van der Waals surface area contributed by atoms with Gasteiger partial charge < -0.3 is 20.1 Å². The highest BCUT2D eigenvalue weighted by Gasteiger charge is 2.32. The van der Waals surface area contributed by atoms with Crippen molar-refractivity contribution in [1.82, 2.24) is 4.90 Å². The summed E-state index contributed by atoms with van der Waals surface area (Å²) in [7, 11) is 1.59. The van der Waals surface area contributed by atoms with Crippen LogP contribution in [0.25, 0.3) is 0 Å². The van der Waals surface area contributed by atoms with Crippen molar-refractivity contribution in [2.75, 3.05) is 25.6 Å². The fourth-order valence-corrected chi connectivity index (χ4v) is 1.99. The van der Waals surface area contributed by atoms with Gasteiger partial charge in [0.1, 0.15) is 0 Å². The van der Waals surface area contributed by atoms with Gasteiger partial charge in [-0.05, 0) is 25.0 Å². The number of carbonyl (C=O) groups excluding carboxylic acids is 1. The molecule has 1 aromatic rings. The molecule has 1 aromatic carbocycles. The largest absolute Gasteiger partial charge is 0.478 e. The third-order valence-corrected chi connectivity index (χ3v) is 3.18. The van der Waals surface area contributed by atoms with E-state index in [4.69, 9.17) is 9.84 Å². The minimum Gasteiger partial charge on any atom is -0.478 e. The van der Waals surface area contributed by atoms with Gasteiger partial charge in [0.2, 0.25) is 0 Å². The Morgan fingerprint density at radius 2 is 2.10 bits per heavy atom. The first kappa shape index (κ1) is 14.3. The summed E-state index contributed by atoms with van der Waals surface area (Å²) in [5, 5.41) is 11.8. The van der Waals surface area contributed by atoms with Crippen molar-refractivity contribution in [2.45, 2.75) is 18.9 Å². The first-order chi connectivity index (χ1) is 9.63. The smallest absolute Gasteiger partial charge is 0.337 e. The monoisotopic (exact) mass is 278 g/mol. The lowest BCUT2D eigenvalue weighted by Gasteiger charge is -2.22. The van der Waals surface area contributed by atoms with Gasteiger partial charge >= 0.3 is 12.0 Å². The Morgan fingerprint density at radius 1 is 1.40 bits per heavy atom. The van der Waals surface area contributed by atoms with Gasteiger partial charge in [-0.3, -0.25) is 0 Å². The lowest BCUT2D eigenvalue weighted by atomic mass is 10.2. The standard InChI is InChI=1S/C14H18N2O4/c1-20-9-8-16(10-6-7-10)14(19)15-12-5-3-2-4-11(12)13(17)18/h2-5,10H,6-9H2,1H3,(H,15,19)(H,17,18). The maximum absolute atomic E-state index is 12.2. The van der Waals surface area contributed by atoms with Crippen LogP contribution >= 0.6 is 0 Å². The van der Waals surface area contributed by atoms with E-state index >= 15 is 0 Å². The Morgan fingerprint density at radius 3 is 2.70 bits per heavy atom. The second kappa shape index (κ2) is 6.38. The summed E-state index contributed by atoms with van der Waals surface area (Å²) in [5.74, 6) is -1.06. The molecule has 6 nitrogen and oxygen atoms in total. The number of ether oxygens (including phenoxy) is 1. The maximum Gasteiger partial charge on any atom is 0.337 e. The molecule has 0 aliphatic heterocycles. The van der Waals surface area contributed by atoms with E-state index in [0.29, 0.717) is 18.8 Å². The van der Waals surface area contributed by atoms with Crippen molar-refractivity contribution in [3.05, 3.63) is 29.8 Å². The second-order valence-corrected chi connectivity index (χ2v) is 4.70. The van der Waals surface area contributed by atoms with Gasteiger partial charge in [0, 0.05) is 19.7 Å². The van der Waals surface area contributed by atoms with Crippen LogP contribution in [0.2, 0.25) is 0 Å². The summed E-state index contributed by atoms with van der Waals surface area (Å²) in [6.07, 6.45) is 1.97. The molecular formula is C14H18N2O4. The van der Waals surface area contributed by atoms with Crippen molar-refractivity contribution >= 4 is 17.7 Å². The molecule has 1 aliphatic rings. The molecule has 0 bridgehead atoms. The summed E-state index contributed by atoms with van der Waals surface area (Å²) in [5.41, 5.74) is 0.399. The molecule has 20 heavy (non-hydrogen) atoms. The minimum atomic E-state index is -1.06. The van der Waals surface area contributed by atoms with Gasteiger partial charge in [-0.25, -0.2) is 9.59 Å². The Balaban J connectivity index is 2.07. The van der Waals surface area contributed by atoms with Crippen molar-refractivity contribution in [2.24, 2.45) is 0 Å². The van der Waals surface area contributed by atoms with Crippen LogP contribution in [-0.4, -0.2) is 48.3 Å². The van der Waals surface area contributed by atoms with Gasteiger partial charge in [-0.2, -0.15) is 0 Å². The molecule has 0 heterocycles. The number of hydrogen-bond donors (Lipinski definition) is 2. The topological polar surface area (TPSA) is 78.9 Å². The lowest BCUT2D eigenvalue weighted by Crippen LogP contribution is -2.39. The number of carbonyl (C=O) groups is 2. The number of carboxylic acids is 1. The summed E-state index contributed by atoms with van der Waals surface area (Å²) in [6, 6.07) is 6.33. The molecule has 1 aliphatic carbocycles. The summed E-state index contributed by atoms with van der Waals surface area (Å²) in [4.78, 5) is 25.0. The highest BCUT2D eigenvalue weighted by atomic mass is 16.5. The quantitative estimate of drug-likeness (QED) is 0.834. The Hall–Kier alpha value is -2.08. The predicted octanol–water partition coefficient (Wildman–Crippen LogP) is 2.03. The molecule has 2 rings (SSSR count). The highest BCUT2D eigenvalue weighted by molar-refractivity contribution is 6.00. The number of anilines is 1. The third-order valence-electron chi connectivity index (χ3n) is 3.18. The van der Waals surface area contributed by atoms with Crippen LogP contribution in [0.3, 0.4) is 0 Å². The van der Waals surface area contributed by atoms with E-state index in [1.165, 1.54) is 6.07 Å². The number of nitrogens with one attached hydrogen (secondary N) is 1. The van der Waals surface area contributed by atoms with Crippen LogP contribution in [0.5, 0.6) is 0 Å². The fraction of sp³-hybridized carbons (Fsp3) is 0.429. The fourth-order valence-electron chi connectivity index (χ4n) is 1.99. The van der Waals surface area contributed by atoms with Crippen molar-refractivity contribution in [3.8, 4) is 0 Å². The number of aromatic carboxylic acids is 1. The Bertz CT molecular complexity index is 500.